The fraction of sp³-hybridized carbons (Fsp3) is 0.231. The van der Waals surface area contributed by atoms with Crippen molar-refractivity contribution in [1.29, 1.82) is 0 Å². The fourth-order valence-corrected chi connectivity index (χ4v) is 1.65. The predicted molar refractivity (Wildman–Crippen MR) is 69.3 cm³/mol. The molecule has 5 heteroatoms. The number of anilines is 2. The normalized spacial score (nSPS) is 10.4. The summed E-state index contributed by atoms with van der Waals surface area (Å²) < 4.78 is 13.6. The highest BCUT2D eigenvalue weighted by atomic mass is 19.1. The molecule has 1 heterocycles. The van der Waals surface area contributed by atoms with Crippen LogP contribution in [-0.2, 0) is 6.54 Å². The molecule has 0 saturated carbocycles. The average Bonchev–Trinajstić information content (AvgIpc) is 2.40. The van der Waals surface area contributed by atoms with E-state index in [2.05, 4.69) is 15.5 Å². The lowest BCUT2D eigenvalue weighted by molar-refractivity contribution is 0.627. The largest absolute Gasteiger partial charge is 0.326 e. The van der Waals surface area contributed by atoms with Crippen LogP contribution in [0.1, 0.15) is 5.69 Å². The third kappa shape index (κ3) is 2.62. The van der Waals surface area contributed by atoms with E-state index in [1.165, 1.54) is 6.07 Å². The zero-order valence-electron chi connectivity index (χ0n) is 10.4. The lowest BCUT2D eigenvalue weighted by atomic mass is 10.3. The van der Waals surface area contributed by atoms with Gasteiger partial charge in [0.25, 0.3) is 0 Å². The van der Waals surface area contributed by atoms with Crippen molar-refractivity contribution in [2.75, 3.05) is 19.0 Å². The summed E-state index contributed by atoms with van der Waals surface area (Å²) in [5.74, 6) is 0.334. The summed E-state index contributed by atoms with van der Waals surface area (Å²) in [5, 5.41) is 11.1. The number of hydrogen-bond acceptors (Lipinski definition) is 4. The zero-order chi connectivity index (χ0) is 13.0. The Hall–Kier alpha value is -2.01. The van der Waals surface area contributed by atoms with Gasteiger partial charge in [0, 0.05) is 13.6 Å². The maximum Gasteiger partial charge on any atom is 0.155 e. The molecule has 0 aliphatic heterocycles. The van der Waals surface area contributed by atoms with E-state index >= 15 is 0 Å². The minimum atomic E-state index is -0.277. The van der Waals surface area contributed by atoms with Gasteiger partial charge in [0.15, 0.2) is 5.82 Å². The van der Waals surface area contributed by atoms with Crippen molar-refractivity contribution in [3.8, 4) is 0 Å². The van der Waals surface area contributed by atoms with Crippen LogP contribution in [0.3, 0.4) is 0 Å². The lowest BCUT2D eigenvalue weighted by Crippen LogP contribution is -2.14. The summed E-state index contributed by atoms with van der Waals surface area (Å²) in [7, 11) is 3.61. The quantitative estimate of drug-likeness (QED) is 0.897. The Morgan fingerprint density at radius 2 is 1.94 bits per heavy atom. The number of aromatic nitrogens is 2. The molecular formula is C13H15FN4. The van der Waals surface area contributed by atoms with Gasteiger partial charge in [-0.25, -0.2) is 4.39 Å². The molecule has 0 aliphatic rings. The van der Waals surface area contributed by atoms with Crippen molar-refractivity contribution >= 4 is 11.5 Å². The molecule has 2 aromatic rings. The first-order chi connectivity index (χ1) is 8.72. The van der Waals surface area contributed by atoms with E-state index in [-0.39, 0.29) is 5.82 Å². The molecular weight excluding hydrogens is 231 g/mol. The van der Waals surface area contributed by atoms with Gasteiger partial charge in [-0.15, -0.1) is 5.10 Å². The molecule has 0 atom stereocenters. The smallest absolute Gasteiger partial charge is 0.155 e. The van der Waals surface area contributed by atoms with Gasteiger partial charge in [-0.2, -0.15) is 5.10 Å². The van der Waals surface area contributed by atoms with Crippen LogP contribution in [0.15, 0.2) is 36.4 Å². The number of rotatable bonds is 4. The summed E-state index contributed by atoms with van der Waals surface area (Å²) in [6.07, 6.45) is 0. The number of hydrogen-bond donors (Lipinski definition) is 1. The number of halogens is 1. The first kappa shape index (κ1) is 12.4. The third-order valence-corrected chi connectivity index (χ3v) is 2.62. The van der Waals surface area contributed by atoms with Gasteiger partial charge in [0.05, 0.1) is 11.4 Å². The van der Waals surface area contributed by atoms with E-state index in [9.17, 15) is 4.39 Å². The van der Waals surface area contributed by atoms with Crippen LogP contribution in [0.4, 0.5) is 15.9 Å². The fourth-order valence-electron chi connectivity index (χ4n) is 1.65. The highest BCUT2D eigenvalue weighted by Crippen LogP contribution is 2.23. The number of para-hydroxylation sites is 1. The molecule has 0 aliphatic carbocycles. The summed E-state index contributed by atoms with van der Waals surface area (Å²) in [6, 6.07) is 10.3. The highest BCUT2D eigenvalue weighted by Gasteiger charge is 2.10. The second-order valence-electron chi connectivity index (χ2n) is 3.92. The van der Waals surface area contributed by atoms with E-state index in [1.807, 2.05) is 19.2 Å². The van der Waals surface area contributed by atoms with Gasteiger partial charge in [-0.1, -0.05) is 12.1 Å². The van der Waals surface area contributed by atoms with Gasteiger partial charge in [0.2, 0.25) is 0 Å². The van der Waals surface area contributed by atoms with Crippen LogP contribution in [0, 0.1) is 5.82 Å². The molecule has 0 amide bonds. The molecule has 0 spiro atoms. The predicted octanol–water partition coefficient (Wildman–Crippen LogP) is 2.10. The first-order valence-corrected chi connectivity index (χ1v) is 5.68. The number of nitrogens with one attached hydrogen (secondary N) is 1. The summed E-state index contributed by atoms with van der Waals surface area (Å²) in [4.78, 5) is 1.67. The molecule has 0 saturated heterocycles. The molecule has 18 heavy (non-hydrogen) atoms. The van der Waals surface area contributed by atoms with Crippen LogP contribution in [0.2, 0.25) is 0 Å². The molecule has 1 N–H and O–H groups in total. The van der Waals surface area contributed by atoms with Gasteiger partial charge in [-0.3, -0.25) is 0 Å². The van der Waals surface area contributed by atoms with Crippen molar-refractivity contribution in [2.24, 2.45) is 0 Å². The third-order valence-electron chi connectivity index (χ3n) is 2.62. The molecule has 0 unspecified atom stereocenters. The second kappa shape index (κ2) is 5.55. The molecule has 1 aromatic carbocycles. The Labute approximate surface area is 105 Å². The van der Waals surface area contributed by atoms with E-state index < -0.39 is 0 Å². The molecule has 0 fully saturated rings. The van der Waals surface area contributed by atoms with Crippen LogP contribution < -0.4 is 10.2 Å². The van der Waals surface area contributed by atoms with Gasteiger partial charge >= 0.3 is 0 Å². The summed E-state index contributed by atoms with van der Waals surface area (Å²) in [6.45, 7) is 0.663. The Morgan fingerprint density at radius 3 is 2.56 bits per heavy atom. The summed E-state index contributed by atoms with van der Waals surface area (Å²) in [5.41, 5.74) is 1.33. The Balaban J connectivity index is 2.23. The second-order valence-corrected chi connectivity index (χ2v) is 3.92. The summed E-state index contributed by atoms with van der Waals surface area (Å²) >= 11 is 0. The van der Waals surface area contributed by atoms with E-state index in [4.69, 9.17) is 0 Å². The Kier molecular flexibility index (Phi) is 3.84. The van der Waals surface area contributed by atoms with Crippen molar-refractivity contribution in [3.63, 3.8) is 0 Å². The van der Waals surface area contributed by atoms with Crippen LogP contribution in [-0.4, -0.2) is 24.3 Å². The van der Waals surface area contributed by atoms with Crippen molar-refractivity contribution in [2.45, 2.75) is 6.54 Å². The molecule has 2 rings (SSSR count). The molecule has 0 bridgehead atoms. The maximum atomic E-state index is 13.6. The topological polar surface area (TPSA) is 41.0 Å². The van der Waals surface area contributed by atoms with Crippen LogP contribution in [0.5, 0.6) is 0 Å². The Bertz CT molecular complexity index is 513. The zero-order valence-corrected chi connectivity index (χ0v) is 10.4. The van der Waals surface area contributed by atoms with Crippen LogP contribution in [0.25, 0.3) is 0 Å². The molecule has 1 aromatic heterocycles. The molecule has 94 valence electrons. The SMILES string of the molecule is CNCc1ccc(N(C)c2ccccc2F)nn1. The highest BCUT2D eigenvalue weighted by molar-refractivity contribution is 5.59. The van der Waals surface area contributed by atoms with E-state index in [0.29, 0.717) is 18.1 Å². The molecule has 4 nitrogen and oxygen atoms in total. The van der Waals surface area contributed by atoms with Crippen molar-refractivity contribution in [3.05, 3.63) is 47.9 Å². The van der Waals surface area contributed by atoms with E-state index in [1.54, 1.807) is 30.1 Å². The first-order valence-electron chi connectivity index (χ1n) is 5.68. The number of nitrogens with zero attached hydrogens (tertiary/aromatic N) is 3. The monoisotopic (exact) mass is 246 g/mol. The maximum absolute atomic E-state index is 13.6. The van der Waals surface area contributed by atoms with Gasteiger partial charge < -0.3 is 10.2 Å². The van der Waals surface area contributed by atoms with E-state index in [0.717, 1.165) is 5.69 Å². The van der Waals surface area contributed by atoms with Crippen molar-refractivity contribution < 1.29 is 4.39 Å². The Morgan fingerprint density at radius 1 is 1.17 bits per heavy atom. The number of benzene rings is 1. The average molecular weight is 246 g/mol. The van der Waals surface area contributed by atoms with Gasteiger partial charge in [0.1, 0.15) is 5.82 Å². The van der Waals surface area contributed by atoms with Gasteiger partial charge in [-0.05, 0) is 31.3 Å². The lowest BCUT2D eigenvalue weighted by Gasteiger charge is -2.18. The minimum absolute atomic E-state index is 0.277. The molecule has 0 radical (unpaired) electrons. The standard InChI is InChI=1S/C13H15FN4/c1-15-9-10-7-8-13(17-16-10)18(2)12-6-4-3-5-11(12)14/h3-8,15H,9H2,1-2H3. The van der Waals surface area contributed by atoms with Crippen molar-refractivity contribution in [1.82, 2.24) is 15.5 Å². The minimum Gasteiger partial charge on any atom is -0.326 e. The van der Waals surface area contributed by atoms with Crippen LogP contribution >= 0.6 is 0 Å².